The second-order valence-corrected chi connectivity index (χ2v) is 5.87. The number of halogens is 2. The Balaban J connectivity index is 2.35. The molecule has 0 saturated heterocycles. The smallest absolute Gasteiger partial charge is 0.258 e. The highest BCUT2D eigenvalue weighted by atomic mass is 19.1. The molecule has 2 aromatic carbocycles. The molecular weight excluding hydrogens is 272 g/mol. The number of carbonyl (C=O) groups excluding carboxylic acids is 1. The molecule has 0 saturated carbocycles. The molecule has 2 nitrogen and oxygen atoms in total. The van der Waals surface area contributed by atoms with Gasteiger partial charge in [-0.3, -0.25) is 4.79 Å². The first-order chi connectivity index (χ1) is 9.79. The van der Waals surface area contributed by atoms with Crippen LogP contribution in [0.25, 0.3) is 0 Å². The predicted molar refractivity (Wildman–Crippen MR) is 79.5 cm³/mol. The van der Waals surface area contributed by atoms with Crippen LogP contribution in [0.3, 0.4) is 0 Å². The largest absolute Gasteiger partial charge is 0.322 e. The van der Waals surface area contributed by atoms with Gasteiger partial charge < -0.3 is 5.32 Å². The van der Waals surface area contributed by atoms with Crippen molar-refractivity contribution in [3.63, 3.8) is 0 Å². The molecule has 4 heteroatoms. The third kappa shape index (κ3) is 3.45. The first kappa shape index (κ1) is 15.2. The lowest BCUT2D eigenvalue weighted by Crippen LogP contribution is -2.19. The fourth-order valence-electron chi connectivity index (χ4n) is 2.11. The minimum Gasteiger partial charge on any atom is -0.322 e. The van der Waals surface area contributed by atoms with Gasteiger partial charge in [-0.25, -0.2) is 8.78 Å². The van der Waals surface area contributed by atoms with Gasteiger partial charge in [0.15, 0.2) is 0 Å². The number of carbonyl (C=O) groups is 1. The maximum Gasteiger partial charge on any atom is 0.258 e. The van der Waals surface area contributed by atoms with Crippen molar-refractivity contribution in [2.24, 2.45) is 0 Å². The zero-order valence-electron chi connectivity index (χ0n) is 12.2. The molecule has 0 radical (unpaired) electrons. The van der Waals surface area contributed by atoms with Gasteiger partial charge in [0, 0.05) is 5.69 Å². The van der Waals surface area contributed by atoms with Gasteiger partial charge in [-0.1, -0.05) is 39.0 Å². The van der Waals surface area contributed by atoms with E-state index in [1.54, 1.807) is 12.1 Å². The highest BCUT2D eigenvalue weighted by molar-refractivity contribution is 6.04. The molecule has 0 aliphatic heterocycles. The number of para-hydroxylation sites is 1. The lowest BCUT2D eigenvalue weighted by Gasteiger charge is -2.23. The predicted octanol–water partition coefficient (Wildman–Crippen LogP) is 4.51. The van der Waals surface area contributed by atoms with E-state index in [1.807, 2.05) is 32.9 Å². The van der Waals surface area contributed by atoms with Crippen LogP contribution in [0.5, 0.6) is 0 Å². The van der Waals surface area contributed by atoms with Gasteiger partial charge in [-0.2, -0.15) is 0 Å². The van der Waals surface area contributed by atoms with E-state index >= 15 is 0 Å². The Bertz CT molecular complexity index is 675. The van der Waals surface area contributed by atoms with E-state index in [2.05, 4.69) is 5.32 Å². The first-order valence-electron chi connectivity index (χ1n) is 6.65. The van der Waals surface area contributed by atoms with Crippen molar-refractivity contribution in [2.45, 2.75) is 26.2 Å². The molecule has 2 aromatic rings. The van der Waals surface area contributed by atoms with Gasteiger partial charge in [0.2, 0.25) is 0 Å². The van der Waals surface area contributed by atoms with Crippen molar-refractivity contribution in [1.82, 2.24) is 0 Å². The lowest BCUT2D eigenvalue weighted by molar-refractivity contribution is 0.102. The molecule has 0 aliphatic carbocycles. The molecule has 1 amide bonds. The highest BCUT2D eigenvalue weighted by Gasteiger charge is 2.20. The number of nitrogens with one attached hydrogen (secondary N) is 1. The van der Waals surface area contributed by atoms with Crippen LogP contribution < -0.4 is 5.32 Å². The third-order valence-corrected chi connectivity index (χ3v) is 3.16. The first-order valence-corrected chi connectivity index (χ1v) is 6.65. The SMILES string of the molecule is CC(C)(C)c1ccccc1NC(=O)c1cc(F)ccc1F. The van der Waals surface area contributed by atoms with Gasteiger partial charge in [-0.15, -0.1) is 0 Å². The normalized spacial score (nSPS) is 11.3. The maximum atomic E-state index is 13.6. The summed E-state index contributed by atoms with van der Waals surface area (Å²) in [5.74, 6) is -2.06. The Kier molecular flexibility index (Phi) is 4.07. The average Bonchev–Trinajstić information content (AvgIpc) is 2.41. The standard InChI is InChI=1S/C17H17F2NO/c1-17(2,3)13-6-4-5-7-15(13)20-16(21)12-10-11(18)8-9-14(12)19/h4-10H,1-3H3,(H,20,21). The Hall–Kier alpha value is -2.23. The molecule has 2 rings (SSSR count). The molecule has 0 spiro atoms. The molecule has 0 aliphatic rings. The number of amides is 1. The van der Waals surface area contributed by atoms with E-state index < -0.39 is 17.5 Å². The number of hydrogen-bond donors (Lipinski definition) is 1. The van der Waals surface area contributed by atoms with E-state index in [0.29, 0.717) is 5.69 Å². The molecule has 0 aromatic heterocycles. The number of hydrogen-bond acceptors (Lipinski definition) is 1. The number of anilines is 1. The van der Waals surface area contributed by atoms with Crippen molar-refractivity contribution < 1.29 is 13.6 Å². The van der Waals surface area contributed by atoms with E-state index in [4.69, 9.17) is 0 Å². The summed E-state index contributed by atoms with van der Waals surface area (Å²) in [6.45, 7) is 6.04. The fraction of sp³-hybridized carbons (Fsp3) is 0.235. The summed E-state index contributed by atoms with van der Waals surface area (Å²) in [7, 11) is 0. The van der Waals surface area contributed by atoms with Crippen LogP contribution in [-0.2, 0) is 5.41 Å². The molecular formula is C17H17F2NO. The second-order valence-electron chi connectivity index (χ2n) is 5.87. The van der Waals surface area contributed by atoms with Crippen molar-refractivity contribution in [1.29, 1.82) is 0 Å². The van der Waals surface area contributed by atoms with Crippen molar-refractivity contribution in [3.05, 3.63) is 65.2 Å². The van der Waals surface area contributed by atoms with Crippen molar-refractivity contribution >= 4 is 11.6 Å². The van der Waals surface area contributed by atoms with E-state index in [0.717, 1.165) is 23.8 Å². The Labute approximate surface area is 122 Å². The fourth-order valence-corrected chi connectivity index (χ4v) is 2.11. The number of rotatable bonds is 2. The molecule has 0 bridgehead atoms. The minimum atomic E-state index is -0.748. The topological polar surface area (TPSA) is 29.1 Å². The molecule has 0 unspecified atom stereocenters. The lowest BCUT2D eigenvalue weighted by atomic mass is 9.86. The van der Waals surface area contributed by atoms with Crippen LogP contribution in [0.1, 0.15) is 36.7 Å². The molecule has 1 N–H and O–H groups in total. The number of benzene rings is 2. The van der Waals surface area contributed by atoms with Crippen LogP contribution in [-0.4, -0.2) is 5.91 Å². The van der Waals surface area contributed by atoms with Crippen LogP contribution >= 0.6 is 0 Å². The average molecular weight is 289 g/mol. The summed E-state index contributed by atoms with van der Waals surface area (Å²) >= 11 is 0. The molecule has 110 valence electrons. The van der Waals surface area contributed by atoms with Crippen LogP contribution in [0.4, 0.5) is 14.5 Å². The summed E-state index contributed by atoms with van der Waals surface area (Å²) in [6.07, 6.45) is 0. The summed E-state index contributed by atoms with van der Waals surface area (Å²) in [5.41, 5.74) is 1.04. The monoisotopic (exact) mass is 289 g/mol. The summed E-state index contributed by atoms with van der Waals surface area (Å²) < 4.78 is 26.8. The van der Waals surface area contributed by atoms with E-state index in [-0.39, 0.29) is 11.0 Å². The van der Waals surface area contributed by atoms with Crippen LogP contribution in [0.15, 0.2) is 42.5 Å². The minimum absolute atomic E-state index is 0.176. The zero-order chi connectivity index (χ0) is 15.6. The van der Waals surface area contributed by atoms with E-state index in [1.165, 1.54) is 0 Å². The van der Waals surface area contributed by atoms with Gasteiger partial charge in [0.05, 0.1) is 5.56 Å². The molecule has 0 heterocycles. The Morgan fingerprint density at radius 2 is 1.71 bits per heavy atom. The molecule has 0 atom stereocenters. The Morgan fingerprint density at radius 3 is 2.38 bits per heavy atom. The Morgan fingerprint density at radius 1 is 1.05 bits per heavy atom. The van der Waals surface area contributed by atoms with Crippen LogP contribution in [0, 0.1) is 11.6 Å². The molecule has 21 heavy (non-hydrogen) atoms. The van der Waals surface area contributed by atoms with Gasteiger partial charge in [-0.05, 0) is 35.2 Å². The van der Waals surface area contributed by atoms with Gasteiger partial charge in [0.1, 0.15) is 11.6 Å². The highest BCUT2D eigenvalue weighted by Crippen LogP contribution is 2.29. The quantitative estimate of drug-likeness (QED) is 0.865. The van der Waals surface area contributed by atoms with Gasteiger partial charge >= 0.3 is 0 Å². The summed E-state index contributed by atoms with van der Waals surface area (Å²) in [6, 6.07) is 10.1. The van der Waals surface area contributed by atoms with Crippen molar-refractivity contribution in [2.75, 3.05) is 5.32 Å². The third-order valence-electron chi connectivity index (χ3n) is 3.16. The van der Waals surface area contributed by atoms with Crippen LogP contribution in [0.2, 0.25) is 0 Å². The summed E-state index contributed by atoms with van der Waals surface area (Å²) in [5, 5.41) is 2.66. The maximum absolute atomic E-state index is 13.6. The molecule has 0 fully saturated rings. The van der Waals surface area contributed by atoms with Gasteiger partial charge in [0.25, 0.3) is 5.91 Å². The zero-order valence-corrected chi connectivity index (χ0v) is 12.2. The van der Waals surface area contributed by atoms with Crippen molar-refractivity contribution in [3.8, 4) is 0 Å². The summed E-state index contributed by atoms with van der Waals surface area (Å²) in [4.78, 5) is 12.1. The van der Waals surface area contributed by atoms with E-state index in [9.17, 15) is 13.6 Å². The second kappa shape index (κ2) is 5.64.